The molecule has 0 saturated carbocycles. The van der Waals surface area contributed by atoms with Crippen LogP contribution in [0.2, 0.25) is 0 Å². The predicted molar refractivity (Wildman–Crippen MR) is 77.6 cm³/mol. The first kappa shape index (κ1) is 13.1. The van der Waals surface area contributed by atoms with Crippen molar-refractivity contribution in [2.45, 2.75) is 26.5 Å². The molecule has 20 heavy (non-hydrogen) atoms. The summed E-state index contributed by atoms with van der Waals surface area (Å²) in [5.74, 6) is 0.993. The van der Waals surface area contributed by atoms with Gasteiger partial charge in [-0.05, 0) is 25.5 Å². The van der Waals surface area contributed by atoms with E-state index in [1.54, 1.807) is 0 Å². The van der Waals surface area contributed by atoms with Crippen molar-refractivity contribution in [2.75, 3.05) is 13.1 Å². The molecule has 0 unspecified atom stereocenters. The van der Waals surface area contributed by atoms with Gasteiger partial charge >= 0.3 is 0 Å². The Hall–Kier alpha value is -1.94. The number of nitrogens with zero attached hydrogens (tertiary/aromatic N) is 3. The lowest BCUT2D eigenvalue weighted by atomic mass is 10.1. The summed E-state index contributed by atoms with van der Waals surface area (Å²) in [6.45, 7) is 6.77. The summed E-state index contributed by atoms with van der Waals surface area (Å²) in [6, 6.07) is 8.16. The van der Waals surface area contributed by atoms with Crippen molar-refractivity contribution in [3.05, 3.63) is 53.6 Å². The molecule has 0 atom stereocenters. The lowest BCUT2D eigenvalue weighted by Gasteiger charge is -2.38. The van der Waals surface area contributed by atoms with Crippen LogP contribution in [0.4, 0.5) is 0 Å². The van der Waals surface area contributed by atoms with Crippen molar-refractivity contribution < 1.29 is 4.74 Å². The van der Waals surface area contributed by atoms with Gasteiger partial charge in [-0.25, -0.2) is 0 Å². The van der Waals surface area contributed by atoms with Crippen LogP contribution in [0.25, 0.3) is 0 Å². The van der Waals surface area contributed by atoms with Crippen molar-refractivity contribution >= 4 is 0 Å². The molecule has 0 N–H and O–H groups in total. The molecule has 1 aliphatic rings. The van der Waals surface area contributed by atoms with Crippen molar-refractivity contribution in [3.63, 3.8) is 0 Å². The number of likely N-dealkylation sites (tertiary alicyclic amines) is 1. The van der Waals surface area contributed by atoms with Crippen LogP contribution in [-0.2, 0) is 6.54 Å². The van der Waals surface area contributed by atoms with Gasteiger partial charge in [0.25, 0.3) is 0 Å². The molecular formula is C16H19N3O. The molecule has 1 aliphatic heterocycles. The van der Waals surface area contributed by atoms with Crippen molar-refractivity contribution in [1.82, 2.24) is 14.9 Å². The van der Waals surface area contributed by atoms with E-state index in [9.17, 15) is 0 Å². The molecule has 0 spiro atoms. The predicted octanol–water partition coefficient (Wildman–Crippen LogP) is 2.36. The van der Waals surface area contributed by atoms with Crippen LogP contribution >= 0.6 is 0 Å². The number of para-hydroxylation sites is 1. The first-order valence-corrected chi connectivity index (χ1v) is 6.93. The highest BCUT2D eigenvalue weighted by atomic mass is 16.5. The molecule has 2 heterocycles. The standard InChI is InChI=1S/C16H19N3O/c1-12-5-3-4-6-16(12)20-15-10-19(11-15)9-14-8-17-13(2)7-18-14/h3-8,15H,9-11H2,1-2H3. The van der Waals surface area contributed by atoms with Gasteiger partial charge in [-0.2, -0.15) is 0 Å². The van der Waals surface area contributed by atoms with E-state index in [-0.39, 0.29) is 6.10 Å². The third kappa shape index (κ3) is 2.96. The van der Waals surface area contributed by atoms with Gasteiger partial charge in [0, 0.05) is 32.0 Å². The number of ether oxygens (including phenoxy) is 1. The second-order valence-electron chi connectivity index (χ2n) is 5.35. The Morgan fingerprint density at radius 1 is 1.15 bits per heavy atom. The van der Waals surface area contributed by atoms with Crippen LogP contribution in [0.5, 0.6) is 5.75 Å². The smallest absolute Gasteiger partial charge is 0.124 e. The van der Waals surface area contributed by atoms with Gasteiger partial charge in [0.2, 0.25) is 0 Å². The van der Waals surface area contributed by atoms with Crippen LogP contribution in [0.15, 0.2) is 36.7 Å². The summed E-state index contributed by atoms with van der Waals surface area (Å²) in [6.07, 6.45) is 3.95. The number of aromatic nitrogens is 2. The Bertz CT molecular complexity index is 577. The SMILES string of the molecule is Cc1cnc(CN2CC(Oc3ccccc3C)C2)cn1. The van der Waals surface area contributed by atoms with Gasteiger partial charge in [-0.3, -0.25) is 14.9 Å². The number of rotatable bonds is 4. The summed E-state index contributed by atoms with van der Waals surface area (Å²) < 4.78 is 5.99. The van der Waals surface area contributed by atoms with Gasteiger partial charge in [0.15, 0.2) is 0 Å². The Kier molecular flexibility index (Phi) is 3.65. The molecule has 0 bridgehead atoms. The Morgan fingerprint density at radius 2 is 1.95 bits per heavy atom. The fourth-order valence-corrected chi connectivity index (χ4v) is 2.32. The van der Waals surface area contributed by atoms with Gasteiger partial charge in [-0.15, -0.1) is 0 Å². The highest BCUT2D eigenvalue weighted by Gasteiger charge is 2.28. The zero-order valence-electron chi connectivity index (χ0n) is 11.9. The summed E-state index contributed by atoms with van der Waals surface area (Å²) in [5, 5.41) is 0. The monoisotopic (exact) mass is 269 g/mol. The van der Waals surface area contributed by atoms with Crippen LogP contribution in [0.1, 0.15) is 17.0 Å². The summed E-state index contributed by atoms with van der Waals surface area (Å²) >= 11 is 0. The second-order valence-corrected chi connectivity index (χ2v) is 5.35. The molecule has 0 amide bonds. The fraction of sp³-hybridized carbons (Fsp3) is 0.375. The van der Waals surface area contributed by atoms with E-state index < -0.39 is 0 Å². The number of hydrogen-bond donors (Lipinski definition) is 0. The molecule has 2 aromatic rings. The second kappa shape index (κ2) is 5.59. The van der Waals surface area contributed by atoms with Crippen LogP contribution in [-0.4, -0.2) is 34.1 Å². The number of hydrogen-bond acceptors (Lipinski definition) is 4. The Labute approximate surface area is 119 Å². The molecule has 1 saturated heterocycles. The molecule has 3 rings (SSSR count). The van der Waals surface area contributed by atoms with Gasteiger partial charge < -0.3 is 4.74 Å². The molecule has 104 valence electrons. The normalized spacial score (nSPS) is 15.9. The van der Waals surface area contributed by atoms with E-state index in [1.165, 1.54) is 5.56 Å². The largest absolute Gasteiger partial charge is 0.487 e. The Balaban J connectivity index is 1.49. The Morgan fingerprint density at radius 3 is 2.65 bits per heavy atom. The highest BCUT2D eigenvalue weighted by molar-refractivity contribution is 5.32. The van der Waals surface area contributed by atoms with Gasteiger partial charge in [-0.1, -0.05) is 18.2 Å². The molecule has 1 aromatic heterocycles. The van der Waals surface area contributed by atoms with Crippen molar-refractivity contribution in [1.29, 1.82) is 0 Å². The molecular weight excluding hydrogens is 250 g/mol. The topological polar surface area (TPSA) is 38.2 Å². The summed E-state index contributed by atoms with van der Waals surface area (Å²) in [7, 11) is 0. The maximum Gasteiger partial charge on any atom is 0.124 e. The maximum absolute atomic E-state index is 5.99. The number of aryl methyl sites for hydroxylation is 2. The van der Waals surface area contributed by atoms with E-state index >= 15 is 0 Å². The molecule has 0 radical (unpaired) electrons. The van der Waals surface area contributed by atoms with Gasteiger partial charge in [0.05, 0.1) is 11.4 Å². The minimum Gasteiger partial charge on any atom is -0.487 e. The van der Waals surface area contributed by atoms with Crippen LogP contribution in [0.3, 0.4) is 0 Å². The molecule has 1 aromatic carbocycles. The summed E-state index contributed by atoms with van der Waals surface area (Å²) in [5.41, 5.74) is 3.17. The third-order valence-electron chi connectivity index (χ3n) is 3.53. The average Bonchev–Trinajstić information content (AvgIpc) is 2.41. The first-order chi connectivity index (χ1) is 9.70. The van der Waals surface area contributed by atoms with E-state index in [0.717, 1.165) is 36.8 Å². The maximum atomic E-state index is 5.99. The minimum absolute atomic E-state index is 0.287. The van der Waals surface area contributed by atoms with Crippen molar-refractivity contribution in [3.8, 4) is 5.75 Å². The quantitative estimate of drug-likeness (QED) is 0.854. The molecule has 4 heteroatoms. The van der Waals surface area contributed by atoms with Crippen molar-refractivity contribution in [2.24, 2.45) is 0 Å². The van der Waals surface area contributed by atoms with E-state index in [1.807, 2.05) is 37.5 Å². The van der Waals surface area contributed by atoms with E-state index in [2.05, 4.69) is 27.9 Å². The summed E-state index contributed by atoms with van der Waals surface area (Å²) in [4.78, 5) is 11.0. The lowest BCUT2D eigenvalue weighted by molar-refractivity contribution is 0.0133. The highest BCUT2D eigenvalue weighted by Crippen LogP contribution is 2.22. The molecule has 0 aliphatic carbocycles. The average molecular weight is 269 g/mol. The minimum atomic E-state index is 0.287. The molecule has 4 nitrogen and oxygen atoms in total. The zero-order chi connectivity index (χ0) is 13.9. The van der Waals surface area contributed by atoms with E-state index in [4.69, 9.17) is 4.74 Å². The number of benzene rings is 1. The van der Waals surface area contributed by atoms with Crippen LogP contribution < -0.4 is 4.74 Å². The lowest BCUT2D eigenvalue weighted by Crippen LogP contribution is -2.53. The van der Waals surface area contributed by atoms with Crippen LogP contribution in [0, 0.1) is 13.8 Å². The van der Waals surface area contributed by atoms with E-state index in [0.29, 0.717) is 0 Å². The molecule has 1 fully saturated rings. The first-order valence-electron chi connectivity index (χ1n) is 6.93. The fourth-order valence-electron chi connectivity index (χ4n) is 2.32. The third-order valence-corrected chi connectivity index (χ3v) is 3.53. The van der Waals surface area contributed by atoms with Gasteiger partial charge in [0.1, 0.15) is 11.9 Å². The zero-order valence-corrected chi connectivity index (χ0v) is 11.9.